The second-order valence-corrected chi connectivity index (χ2v) is 8.41. The van der Waals surface area contributed by atoms with E-state index in [9.17, 15) is 13.2 Å². The van der Waals surface area contributed by atoms with E-state index in [4.69, 9.17) is 4.84 Å². The number of quaternary nitrogens is 1. The fraction of sp³-hybridized carbons (Fsp3) is 0.316. The van der Waals surface area contributed by atoms with Gasteiger partial charge < -0.3 is 10.2 Å². The second kappa shape index (κ2) is 9.09. The highest BCUT2D eigenvalue weighted by molar-refractivity contribution is 7.89. The van der Waals surface area contributed by atoms with Crippen molar-refractivity contribution in [3.05, 3.63) is 65.7 Å². The summed E-state index contributed by atoms with van der Waals surface area (Å²) in [5.41, 5.74) is 1.41. The van der Waals surface area contributed by atoms with Crippen molar-refractivity contribution in [2.24, 2.45) is 0 Å². The third kappa shape index (κ3) is 5.36. The number of amides is 1. The third-order valence-electron chi connectivity index (χ3n) is 4.13. The highest BCUT2D eigenvalue weighted by atomic mass is 32.2. The molecule has 0 bridgehead atoms. The summed E-state index contributed by atoms with van der Waals surface area (Å²) in [5, 5.41) is 3.03. The predicted molar refractivity (Wildman–Crippen MR) is 103 cm³/mol. The maximum Gasteiger partial charge on any atom is 0.264 e. The topological polar surface area (TPSA) is 80.1 Å². The number of nitrogens with one attached hydrogen (secondary N) is 2. The van der Waals surface area contributed by atoms with Crippen LogP contribution in [0, 0.1) is 0 Å². The Labute approximate surface area is 160 Å². The van der Waals surface area contributed by atoms with Crippen molar-refractivity contribution in [3.63, 3.8) is 0 Å². The van der Waals surface area contributed by atoms with Crippen LogP contribution in [0.4, 0.5) is 0 Å². The molecule has 146 valence electrons. The molecule has 0 fully saturated rings. The summed E-state index contributed by atoms with van der Waals surface area (Å²) < 4.78 is 25.2. The number of carbonyl (C=O) groups excluding carboxylic acids is 1. The normalized spacial score (nSPS) is 13.0. The first kappa shape index (κ1) is 21.0. The molecule has 2 N–H and O–H groups in total. The van der Waals surface area contributed by atoms with Gasteiger partial charge in [0.15, 0.2) is 0 Å². The highest BCUT2D eigenvalue weighted by Crippen LogP contribution is 2.16. The second-order valence-electron chi connectivity index (χ2n) is 6.47. The molecule has 0 aliphatic rings. The summed E-state index contributed by atoms with van der Waals surface area (Å²) in [6.45, 7) is 0.723. The lowest BCUT2D eigenvalue weighted by Crippen LogP contribution is -3.06. The number of benzene rings is 2. The van der Waals surface area contributed by atoms with Gasteiger partial charge in [-0.25, -0.2) is 8.42 Å². The van der Waals surface area contributed by atoms with E-state index in [1.54, 1.807) is 0 Å². The minimum Gasteiger partial charge on any atom is -0.340 e. The molecule has 0 saturated carbocycles. The number of rotatable bonds is 8. The first-order chi connectivity index (χ1) is 12.8. The lowest BCUT2D eigenvalue weighted by atomic mass is 10.1. The van der Waals surface area contributed by atoms with Crippen molar-refractivity contribution in [1.82, 2.24) is 9.79 Å². The van der Waals surface area contributed by atoms with Gasteiger partial charge in [-0.2, -0.15) is 0 Å². The zero-order chi connectivity index (χ0) is 20.0. The number of nitrogens with zero attached hydrogens (tertiary/aromatic N) is 1. The smallest absolute Gasteiger partial charge is 0.264 e. The van der Waals surface area contributed by atoms with Crippen LogP contribution in [0.5, 0.6) is 0 Å². The Balaban J connectivity index is 2.19. The van der Waals surface area contributed by atoms with Crippen molar-refractivity contribution in [2.75, 3.05) is 34.8 Å². The molecule has 0 radical (unpaired) electrons. The van der Waals surface area contributed by atoms with Gasteiger partial charge in [-0.05, 0) is 29.8 Å². The monoisotopic (exact) mass is 392 g/mol. The van der Waals surface area contributed by atoms with Crippen LogP contribution in [0.1, 0.15) is 22.0 Å². The molecule has 0 aliphatic carbocycles. The van der Waals surface area contributed by atoms with Gasteiger partial charge in [0.2, 0.25) is 0 Å². The van der Waals surface area contributed by atoms with Gasteiger partial charge in [0.05, 0.1) is 26.1 Å². The summed E-state index contributed by atoms with van der Waals surface area (Å²) in [6, 6.07) is 15.4. The van der Waals surface area contributed by atoms with E-state index in [0.717, 1.165) is 16.6 Å². The Kier molecular flexibility index (Phi) is 7.09. The number of hydroxylamine groups is 1. The number of sulfonamides is 1. The average Bonchev–Trinajstić information content (AvgIpc) is 2.67. The molecule has 0 aliphatic heterocycles. The Hall–Kier alpha value is -2.26. The minimum absolute atomic E-state index is 0.0562. The fourth-order valence-electron chi connectivity index (χ4n) is 2.61. The van der Waals surface area contributed by atoms with Crippen LogP contribution in [0.2, 0.25) is 0 Å². The van der Waals surface area contributed by atoms with E-state index in [-0.39, 0.29) is 16.8 Å². The maximum atomic E-state index is 12.7. The van der Waals surface area contributed by atoms with Crippen molar-refractivity contribution in [3.8, 4) is 0 Å². The molecule has 27 heavy (non-hydrogen) atoms. The summed E-state index contributed by atoms with van der Waals surface area (Å²) in [7, 11) is 2.89. The highest BCUT2D eigenvalue weighted by Gasteiger charge is 2.22. The zero-order valence-electron chi connectivity index (χ0n) is 16.0. The summed E-state index contributed by atoms with van der Waals surface area (Å²) >= 11 is 0. The molecule has 0 aromatic heterocycles. The standard InChI is InChI=1S/C19H25N3O4S/c1-21(2)14-18(15-8-6-5-7-9-15)20-19(23)16-10-12-17(13-11-16)27(24,25)22(3)26-4/h5-13,18H,14H2,1-4H3,(H,20,23)/p+1/t18-/m0/s1. The van der Waals surface area contributed by atoms with Gasteiger partial charge >= 0.3 is 0 Å². The first-order valence-electron chi connectivity index (χ1n) is 8.53. The minimum atomic E-state index is -3.74. The summed E-state index contributed by atoms with van der Waals surface area (Å²) in [6.07, 6.45) is 0. The number of likely N-dealkylation sites (N-methyl/N-ethyl adjacent to an activating group) is 1. The van der Waals surface area contributed by atoms with Crippen molar-refractivity contribution < 1.29 is 22.9 Å². The van der Waals surface area contributed by atoms with Crippen molar-refractivity contribution >= 4 is 15.9 Å². The Bertz CT molecular complexity index is 852. The molecule has 2 aromatic rings. The molecule has 2 rings (SSSR count). The quantitative estimate of drug-likeness (QED) is 0.641. The Morgan fingerprint density at radius 3 is 2.22 bits per heavy atom. The lowest BCUT2D eigenvalue weighted by Gasteiger charge is -2.21. The molecular formula is C19H26N3O4S+. The van der Waals surface area contributed by atoms with E-state index in [0.29, 0.717) is 5.56 Å². The third-order valence-corrected chi connectivity index (χ3v) is 5.82. The zero-order valence-corrected chi connectivity index (χ0v) is 16.8. The van der Waals surface area contributed by atoms with E-state index < -0.39 is 10.0 Å². The predicted octanol–water partition coefficient (Wildman–Crippen LogP) is 0.484. The molecule has 7 nitrogen and oxygen atoms in total. The number of carbonyl (C=O) groups is 1. The molecular weight excluding hydrogens is 366 g/mol. The molecule has 0 unspecified atom stereocenters. The van der Waals surface area contributed by atoms with Crippen molar-refractivity contribution in [1.29, 1.82) is 0 Å². The molecule has 0 heterocycles. The van der Waals surface area contributed by atoms with Crippen LogP contribution in [-0.2, 0) is 14.9 Å². The largest absolute Gasteiger partial charge is 0.340 e. The Morgan fingerprint density at radius 1 is 1.11 bits per heavy atom. The van der Waals surface area contributed by atoms with Gasteiger partial charge in [0.25, 0.3) is 15.9 Å². The van der Waals surface area contributed by atoms with E-state index in [1.807, 2.05) is 44.4 Å². The molecule has 0 saturated heterocycles. The van der Waals surface area contributed by atoms with Gasteiger partial charge in [-0.1, -0.05) is 34.8 Å². The summed E-state index contributed by atoms with van der Waals surface area (Å²) in [4.78, 5) is 18.7. The Morgan fingerprint density at radius 2 is 1.70 bits per heavy atom. The molecule has 1 amide bonds. The molecule has 2 aromatic carbocycles. The van der Waals surface area contributed by atoms with Crippen LogP contribution >= 0.6 is 0 Å². The molecule has 0 spiro atoms. The van der Waals surface area contributed by atoms with Gasteiger partial charge in [-0.15, -0.1) is 0 Å². The number of hydrogen-bond donors (Lipinski definition) is 2. The van der Waals surface area contributed by atoms with Crippen LogP contribution in [0.15, 0.2) is 59.5 Å². The summed E-state index contributed by atoms with van der Waals surface area (Å²) in [5.74, 6) is -0.255. The van der Waals surface area contributed by atoms with Crippen LogP contribution in [0.3, 0.4) is 0 Å². The average molecular weight is 393 g/mol. The van der Waals surface area contributed by atoms with Gasteiger partial charge in [0.1, 0.15) is 12.6 Å². The maximum absolute atomic E-state index is 12.7. The van der Waals surface area contributed by atoms with E-state index in [1.165, 1.54) is 43.3 Å². The lowest BCUT2D eigenvalue weighted by molar-refractivity contribution is -0.860. The van der Waals surface area contributed by atoms with Crippen LogP contribution in [-0.4, -0.2) is 53.6 Å². The first-order valence-corrected chi connectivity index (χ1v) is 9.97. The molecule has 8 heteroatoms. The van der Waals surface area contributed by atoms with Gasteiger partial charge in [-0.3, -0.25) is 9.63 Å². The SMILES string of the molecule is CON(C)S(=O)(=O)c1ccc(C(=O)N[C@@H](C[NH+](C)C)c2ccccc2)cc1. The number of hydrogen-bond acceptors (Lipinski definition) is 4. The molecule has 1 atom stereocenters. The fourth-order valence-corrected chi connectivity index (χ4v) is 3.59. The van der Waals surface area contributed by atoms with Gasteiger partial charge in [0, 0.05) is 12.6 Å². The van der Waals surface area contributed by atoms with Crippen molar-refractivity contribution in [2.45, 2.75) is 10.9 Å². The van der Waals surface area contributed by atoms with Crippen LogP contribution < -0.4 is 10.2 Å². The van der Waals surface area contributed by atoms with Crippen LogP contribution in [0.25, 0.3) is 0 Å². The van der Waals surface area contributed by atoms with E-state index in [2.05, 4.69) is 5.32 Å². The van der Waals surface area contributed by atoms with E-state index >= 15 is 0 Å².